The van der Waals surface area contributed by atoms with Gasteiger partial charge < -0.3 is 20.8 Å². The number of carboxylic acid groups (broad SMARTS) is 2. The quantitative estimate of drug-likeness (QED) is 0.654. The highest BCUT2D eigenvalue weighted by molar-refractivity contribution is 5.76. The maximum atomic E-state index is 10.4. The van der Waals surface area contributed by atoms with Gasteiger partial charge in [0, 0.05) is 11.4 Å². The summed E-state index contributed by atoms with van der Waals surface area (Å²) in [5.41, 5.74) is 1.65. The first-order valence-electron chi connectivity index (χ1n) is 7.04. The number of hydrogen-bond acceptors (Lipinski definition) is 4. The van der Waals surface area contributed by atoms with Crippen molar-refractivity contribution in [2.75, 3.05) is 17.2 Å². The molecule has 6 nitrogen and oxygen atoms in total. The Morgan fingerprint density at radius 3 is 1.83 bits per heavy atom. The zero-order valence-electron chi connectivity index (χ0n) is 12.8. The Kier molecular flexibility index (Phi) is 7.71. The Labute approximate surface area is 134 Å². The number of carbonyl (C=O) groups is 2. The molecule has 4 N–H and O–H groups in total. The molecule has 2 aromatic rings. The number of carboxylic acids is 2. The van der Waals surface area contributed by atoms with Gasteiger partial charge in [-0.25, -0.2) is 0 Å². The van der Waals surface area contributed by atoms with Crippen molar-refractivity contribution < 1.29 is 19.8 Å². The summed E-state index contributed by atoms with van der Waals surface area (Å²) >= 11 is 0. The van der Waals surface area contributed by atoms with E-state index in [1.54, 1.807) is 6.92 Å². The number of nitrogens with one attached hydrogen (secondary N) is 2. The first-order valence-corrected chi connectivity index (χ1v) is 7.04. The number of benzene rings is 2. The largest absolute Gasteiger partial charge is 0.480 e. The van der Waals surface area contributed by atoms with Crippen LogP contribution >= 0.6 is 0 Å². The van der Waals surface area contributed by atoms with Gasteiger partial charge >= 0.3 is 11.9 Å². The molecule has 122 valence electrons. The highest BCUT2D eigenvalue weighted by Crippen LogP contribution is 2.06. The molecule has 0 aliphatic carbocycles. The van der Waals surface area contributed by atoms with E-state index in [0.29, 0.717) is 0 Å². The smallest absolute Gasteiger partial charge is 0.325 e. The Balaban J connectivity index is 0.000000231. The van der Waals surface area contributed by atoms with Crippen molar-refractivity contribution in [3.05, 3.63) is 60.7 Å². The van der Waals surface area contributed by atoms with Crippen LogP contribution in [0.1, 0.15) is 6.92 Å². The van der Waals surface area contributed by atoms with Gasteiger partial charge in [-0.05, 0) is 31.2 Å². The van der Waals surface area contributed by atoms with Gasteiger partial charge in [-0.15, -0.1) is 0 Å². The van der Waals surface area contributed by atoms with Crippen LogP contribution in [-0.4, -0.2) is 34.7 Å². The van der Waals surface area contributed by atoms with E-state index in [-0.39, 0.29) is 6.54 Å². The highest BCUT2D eigenvalue weighted by atomic mass is 16.4. The standard InChI is InChI=1S/C9H11NO2.C8H9NO2/c1-7(9(11)12)10-8-5-3-2-4-6-8;10-8(11)6-9-7-4-2-1-3-5-7/h2-7,10H,1H3,(H,11,12);1-5,9H,6H2,(H,10,11). The third-order valence-electron chi connectivity index (χ3n) is 2.74. The van der Waals surface area contributed by atoms with Crippen LogP contribution in [-0.2, 0) is 9.59 Å². The van der Waals surface area contributed by atoms with Gasteiger partial charge in [-0.3, -0.25) is 9.59 Å². The van der Waals surface area contributed by atoms with Gasteiger partial charge in [0.05, 0.1) is 0 Å². The molecule has 0 fully saturated rings. The fraction of sp³-hybridized carbons (Fsp3) is 0.176. The van der Waals surface area contributed by atoms with E-state index in [9.17, 15) is 9.59 Å². The third kappa shape index (κ3) is 8.11. The Morgan fingerprint density at radius 1 is 0.913 bits per heavy atom. The van der Waals surface area contributed by atoms with Crippen molar-refractivity contribution in [1.29, 1.82) is 0 Å². The van der Waals surface area contributed by atoms with E-state index in [0.717, 1.165) is 11.4 Å². The second kappa shape index (κ2) is 9.83. The molecule has 0 heterocycles. The Bertz CT molecular complexity index is 603. The molecule has 23 heavy (non-hydrogen) atoms. The van der Waals surface area contributed by atoms with Gasteiger partial charge in [0.2, 0.25) is 0 Å². The molecule has 0 aliphatic rings. The van der Waals surface area contributed by atoms with E-state index in [1.165, 1.54) is 0 Å². The normalized spacial score (nSPS) is 10.7. The van der Waals surface area contributed by atoms with Crippen molar-refractivity contribution in [3.8, 4) is 0 Å². The molecule has 0 spiro atoms. The van der Waals surface area contributed by atoms with Crippen molar-refractivity contribution in [3.63, 3.8) is 0 Å². The van der Waals surface area contributed by atoms with Crippen molar-refractivity contribution >= 4 is 23.3 Å². The zero-order chi connectivity index (χ0) is 17.1. The first-order chi connectivity index (χ1) is 11.0. The predicted molar refractivity (Wildman–Crippen MR) is 89.7 cm³/mol. The summed E-state index contributed by atoms with van der Waals surface area (Å²) in [6.45, 7) is 1.57. The van der Waals surface area contributed by atoms with Crippen LogP contribution in [0.4, 0.5) is 11.4 Å². The average molecular weight is 316 g/mol. The summed E-state index contributed by atoms with van der Waals surface area (Å²) in [5, 5.41) is 22.5. The highest BCUT2D eigenvalue weighted by Gasteiger charge is 2.08. The van der Waals surface area contributed by atoms with Gasteiger partial charge in [-0.1, -0.05) is 36.4 Å². The lowest BCUT2D eigenvalue weighted by Gasteiger charge is -2.09. The molecule has 2 rings (SSSR count). The minimum Gasteiger partial charge on any atom is -0.480 e. The molecule has 6 heteroatoms. The lowest BCUT2D eigenvalue weighted by molar-refractivity contribution is -0.137. The van der Waals surface area contributed by atoms with Crippen LogP contribution in [0, 0.1) is 0 Å². The maximum absolute atomic E-state index is 10.4. The molecule has 0 radical (unpaired) electrons. The third-order valence-corrected chi connectivity index (χ3v) is 2.74. The molecule has 0 aromatic heterocycles. The van der Waals surface area contributed by atoms with E-state index in [1.807, 2.05) is 60.7 Å². The molecule has 0 bridgehead atoms. The monoisotopic (exact) mass is 316 g/mol. The van der Waals surface area contributed by atoms with Crippen LogP contribution in [0.2, 0.25) is 0 Å². The van der Waals surface area contributed by atoms with Crippen LogP contribution < -0.4 is 10.6 Å². The number of rotatable bonds is 6. The van der Waals surface area contributed by atoms with Gasteiger partial charge in [0.15, 0.2) is 0 Å². The topological polar surface area (TPSA) is 98.7 Å². The van der Waals surface area contributed by atoms with Gasteiger partial charge in [-0.2, -0.15) is 0 Å². The summed E-state index contributed by atoms with van der Waals surface area (Å²) in [6.07, 6.45) is 0. The number of anilines is 2. The summed E-state index contributed by atoms with van der Waals surface area (Å²) in [5.74, 6) is -1.70. The lowest BCUT2D eigenvalue weighted by Crippen LogP contribution is -2.25. The van der Waals surface area contributed by atoms with Crippen molar-refractivity contribution in [1.82, 2.24) is 0 Å². The molecular formula is C17H20N2O4. The fourth-order valence-corrected chi connectivity index (χ4v) is 1.58. The first kappa shape index (κ1) is 18.0. The average Bonchev–Trinajstić information content (AvgIpc) is 2.55. The molecule has 0 saturated carbocycles. The molecule has 0 aliphatic heterocycles. The van der Waals surface area contributed by atoms with E-state index < -0.39 is 18.0 Å². The minimum absolute atomic E-state index is 0.0377. The van der Waals surface area contributed by atoms with Gasteiger partial charge in [0.1, 0.15) is 12.6 Å². The van der Waals surface area contributed by atoms with E-state index in [2.05, 4.69) is 10.6 Å². The summed E-state index contributed by atoms with van der Waals surface area (Å²) in [6, 6.07) is 17.9. The number of hydrogen-bond donors (Lipinski definition) is 4. The molecule has 0 saturated heterocycles. The summed E-state index contributed by atoms with van der Waals surface area (Å²) < 4.78 is 0. The fourth-order valence-electron chi connectivity index (χ4n) is 1.58. The van der Waals surface area contributed by atoms with Crippen LogP contribution in [0.3, 0.4) is 0 Å². The summed E-state index contributed by atoms with van der Waals surface area (Å²) in [4.78, 5) is 20.6. The van der Waals surface area contributed by atoms with Crippen molar-refractivity contribution in [2.24, 2.45) is 0 Å². The second-order valence-corrected chi connectivity index (χ2v) is 4.68. The van der Waals surface area contributed by atoms with Crippen LogP contribution in [0.5, 0.6) is 0 Å². The van der Waals surface area contributed by atoms with Gasteiger partial charge in [0.25, 0.3) is 0 Å². The maximum Gasteiger partial charge on any atom is 0.325 e. The van der Waals surface area contributed by atoms with E-state index in [4.69, 9.17) is 10.2 Å². The number of para-hydroxylation sites is 2. The molecular weight excluding hydrogens is 296 g/mol. The molecule has 1 atom stereocenters. The lowest BCUT2D eigenvalue weighted by atomic mass is 10.3. The minimum atomic E-state index is -0.853. The molecule has 1 unspecified atom stereocenters. The molecule has 0 amide bonds. The second-order valence-electron chi connectivity index (χ2n) is 4.68. The van der Waals surface area contributed by atoms with Crippen LogP contribution in [0.15, 0.2) is 60.7 Å². The van der Waals surface area contributed by atoms with E-state index >= 15 is 0 Å². The van der Waals surface area contributed by atoms with Crippen LogP contribution in [0.25, 0.3) is 0 Å². The Hall–Kier alpha value is -3.02. The predicted octanol–water partition coefficient (Wildman–Crippen LogP) is 2.75. The summed E-state index contributed by atoms with van der Waals surface area (Å²) in [7, 11) is 0. The van der Waals surface area contributed by atoms with Crippen molar-refractivity contribution in [2.45, 2.75) is 13.0 Å². The zero-order valence-corrected chi connectivity index (χ0v) is 12.8. The SMILES string of the molecule is CC(Nc1ccccc1)C(=O)O.O=C(O)CNc1ccccc1. The number of aliphatic carboxylic acids is 2. The molecule has 2 aromatic carbocycles. The Morgan fingerprint density at radius 2 is 1.39 bits per heavy atom.